The van der Waals surface area contributed by atoms with E-state index < -0.39 is 5.97 Å². The summed E-state index contributed by atoms with van der Waals surface area (Å²) in [6.45, 7) is 3.59. The van der Waals surface area contributed by atoms with E-state index in [1.54, 1.807) is 6.08 Å². The summed E-state index contributed by atoms with van der Waals surface area (Å²) in [6.07, 6.45) is 10.7. The molecule has 1 N–H and O–H groups in total. The van der Waals surface area contributed by atoms with Gasteiger partial charge in [-0.15, -0.1) is 0 Å². The third-order valence-corrected chi connectivity index (χ3v) is 2.94. The highest BCUT2D eigenvalue weighted by atomic mass is 16.4. The van der Waals surface area contributed by atoms with E-state index in [-0.39, 0.29) is 5.92 Å². The van der Waals surface area contributed by atoms with E-state index in [4.69, 9.17) is 5.11 Å². The summed E-state index contributed by atoms with van der Waals surface area (Å²) in [6, 6.07) is 0. The molecule has 0 bridgehead atoms. The first-order valence-electron chi connectivity index (χ1n) is 5.26. The number of carboxylic acid groups (broad SMARTS) is 1. The summed E-state index contributed by atoms with van der Waals surface area (Å²) >= 11 is 0. The van der Waals surface area contributed by atoms with Gasteiger partial charge in [0.05, 0.1) is 5.92 Å². The number of carbonyl (C=O) groups is 1. The first-order chi connectivity index (χ1) is 6.75. The highest BCUT2D eigenvalue weighted by molar-refractivity contribution is 5.70. The minimum atomic E-state index is -0.623. The van der Waals surface area contributed by atoms with Crippen LogP contribution in [0.4, 0.5) is 0 Å². The average Bonchev–Trinajstić information content (AvgIpc) is 2.19. The summed E-state index contributed by atoms with van der Waals surface area (Å²) < 4.78 is 0. The summed E-state index contributed by atoms with van der Waals surface area (Å²) in [5.74, 6) is -0.419. The fraction of sp³-hybridized carbons (Fsp3) is 0.583. The van der Waals surface area contributed by atoms with Gasteiger partial charge in [-0.3, -0.25) is 4.79 Å². The molecule has 2 unspecified atom stereocenters. The number of allylic oxidation sites excluding steroid dienone is 3. The van der Waals surface area contributed by atoms with Gasteiger partial charge in [-0.2, -0.15) is 0 Å². The van der Waals surface area contributed by atoms with E-state index in [9.17, 15) is 4.79 Å². The van der Waals surface area contributed by atoms with Crippen LogP contribution in [0.2, 0.25) is 0 Å². The number of carboxylic acids is 1. The van der Waals surface area contributed by atoms with Crippen molar-refractivity contribution in [2.24, 2.45) is 11.8 Å². The highest BCUT2D eigenvalue weighted by Crippen LogP contribution is 2.32. The predicted octanol–water partition coefficient (Wildman–Crippen LogP) is 3.01. The molecule has 1 aliphatic rings. The molecular formula is C12H18O2. The Labute approximate surface area is 85.3 Å². The van der Waals surface area contributed by atoms with Crippen molar-refractivity contribution < 1.29 is 9.90 Å². The first kappa shape index (κ1) is 11.0. The smallest absolute Gasteiger partial charge is 0.306 e. The number of aliphatic carboxylic acids is 1. The van der Waals surface area contributed by atoms with Crippen LogP contribution in [-0.4, -0.2) is 11.1 Å². The van der Waals surface area contributed by atoms with Crippen LogP contribution >= 0.6 is 0 Å². The van der Waals surface area contributed by atoms with Crippen molar-refractivity contribution in [3.8, 4) is 0 Å². The molecule has 0 aromatic carbocycles. The van der Waals surface area contributed by atoms with Gasteiger partial charge in [0.25, 0.3) is 0 Å². The minimum Gasteiger partial charge on any atom is -0.481 e. The second kappa shape index (κ2) is 5.63. The zero-order chi connectivity index (χ0) is 10.4. The van der Waals surface area contributed by atoms with Crippen LogP contribution in [0.5, 0.6) is 0 Å². The number of rotatable bonds is 4. The Bertz CT molecular complexity index is 230. The molecule has 2 atom stereocenters. The molecular weight excluding hydrogens is 176 g/mol. The summed E-state index contributed by atoms with van der Waals surface area (Å²) in [5.41, 5.74) is 0. The van der Waals surface area contributed by atoms with Crippen LogP contribution in [0.15, 0.2) is 24.8 Å². The standard InChI is InChI=1S/C12H18O2/c1-2-3-4-7-10-8-5-6-9-11(10)12(13)14/h2-4,10-11H,1,5-9H2,(H,13,14)/b4-3+. The molecule has 0 amide bonds. The molecule has 14 heavy (non-hydrogen) atoms. The molecule has 0 radical (unpaired) electrons. The second-order valence-corrected chi connectivity index (χ2v) is 3.89. The maximum absolute atomic E-state index is 11.0. The molecule has 1 saturated carbocycles. The van der Waals surface area contributed by atoms with Crippen molar-refractivity contribution >= 4 is 5.97 Å². The van der Waals surface area contributed by atoms with E-state index in [2.05, 4.69) is 6.58 Å². The van der Waals surface area contributed by atoms with Crippen molar-refractivity contribution in [3.05, 3.63) is 24.8 Å². The monoisotopic (exact) mass is 194 g/mol. The van der Waals surface area contributed by atoms with Gasteiger partial charge in [0.15, 0.2) is 0 Å². The van der Waals surface area contributed by atoms with E-state index in [1.807, 2.05) is 12.2 Å². The van der Waals surface area contributed by atoms with Gasteiger partial charge in [-0.05, 0) is 25.2 Å². The maximum atomic E-state index is 11.0. The molecule has 78 valence electrons. The Morgan fingerprint density at radius 2 is 2.14 bits per heavy atom. The van der Waals surface area contributed by atoms with E-state index in [0.717, 1.165) is 25.7 Å². The molecule has 2 heteroatoms. The first-order valence-corrected chi connectivity index (χ1v) is 5.26. The molecule has 1 fully saturated rings. The normalized spacial score (nSPS) is 27.7. The Kier molecular flexibility index (Phi) is 4.44. The zero-order valence-electron chi connectivity index (χ0n) is 8.48. The topological polar surface area (TPSA) is 37.3 Å². The van der Waals surface area contributed by atoms with Crippen molar-refractivity contribution in [1.29, 1.82) is 0 Å². The van der Waals surface area contributed by atoms with Crippen LogP contribution in [0.3, 0.4) is 0 Å². The van der Waals surface area contributed by atoms with Crippen molar-refractivity contribution in [3.63, 3.8) is 0 Å². The van der Waals surface area contributed by atoms with Crippen LogP contribution in [0.25, 0.3) is 0 Å². The molecule has 0 aromatic rings. The minimum absolute atomic E-state index is 0.127. The van der Waals surface area contributed by atoms with Crippen LogP contribution in [0.1, 0.15) is 32.1 Å². The molecule has 0 spiro atoms. The fourth-order valence-corrected chi connectivity index (χ4v) is 2.16. The lowest BCUT2D eigenvalue weighted by Crippen LogP contribution is -2.26. The van der Waals surface area contributed by atoms with Crippen molar-refractivity contribution in [2.75, 3.05) is 0 Å². The molecule has 0 aromatic heterocycles. The maximum Gasteiger partial charge on any atom is 0.306 e. The summed E-state index contributed by atoms with van der Waals surface area (Å²) in [5, 5.41) is 9.02. The molecule has 0 aliphatic heterocycles. The quantitative estimate of drug-likeness (QED) is 0.698. The molecule has 1 rings (SSSR count). The molecule has 0 saturated heterocycles. The molecule has 2 nitrogen and oxygen atoms in total. The van der Waals surface area contributed by atoms with E-state index >= 15 is 0 Å². The number of hydrogen-bond acceptors (Lipinski definition) is 1. The van der Waals surface area contributed by atoms with Crippen molar-refractivity contribution in [2.45, 2.75) is 32.1 Å². The zero-order valence-corrected chi connectivity index (χ0v) is 8.48. The Morgan fingerprint density at radius 3 is 2.79 bits per heavy atom. The lowest BCUT2D eigenvalue weighted by molar-refractivity contribution is -0.144. The van der Waals surface area contributed by atoms with Gasteiger partial charge in [-0.1, -0.05) is 37.6 Å². The number of hydrogen-bond donors (Lipinski definition) is 1. The predicted molar refractivity (Wildman–Crippen MR) is 57.0 cm³/mol. The van der Waals surface area contributed by atoms with Gasteiger partial charge >= 0.3 is 5.97 Å². The van der Waals surface area contributed by atoms with Crippen LogP contribution < -0.4 is 0 Å². The van der Waals surface area contributed by atoms with E-state index in [0.29, 0.717) is 5.92 Å². The summed E-state index contributed by atoms with van der Waals surface area (Å²) in [4.78, 5) is 11.0. The SMILES string of the molecule is C=C/C=C/CC1CCCCC1C(=O)O. The third-order valence-electron chi connectivity index (χ3n) is 2.94. The molecule has 1 aliphatic carbocycles. The average molecular weight is 194 g/mol. The Hall–Kier alpha value is -1.05. The lowest BCUT2D eigenvalue weighted by Gasteiger charge is -2.27. The van der Waals surface area contributed by atoms with Gasteiger partial charge in [0.2, 0.25) is 0 Å². The van der Waals surface area contributed by atoms with Crippen LogP contribution in [0, 0.1) is 11.8 Å². The second-order valence-electron chi connectivity index (χ2n) is 3.89. The van der Waals surface area contributed by atoms with Gasteiger partial charge < -0.3 is 5.11 Å². The van der Waals surface area contributed by atoms with Gasteiger partial charge in [-0.25, -0.2) is 0 Å². The highest BCUT2D eigenvalue weighted by Gasteiger charge is 2.29. The Balaban J connectivity index is 2.49. The molecule has 0 heterocycles. The van der Waals surface area contributed by atoms with E-state index in [1.165, 1.54) is 6.42 Å². The lowest BCUT2D eigenvalue weighted by atomic mass is 9.77. The van der Waals surface area contributed by atoms with Crippen molar-refractivity contribution in [1.82, 2.24) is 0 Å². The summed E-state index contributed by atoms with van der Waals surface area (Å²) in [7, 11) is 0. The van der Waals surface area contributed by atoms with Gasteiger partial charge in [0, 0.05) is 0 Å². The Morgan fingerprint density at radius 1 is 1.43 bits per heavy atom. The largest absolute Gasteiger partial charge is 0.481 e. The third kappa shape index (κ3) is 3.02. The van der Waals surface area contributed by atoms with Gasteiger partial charge in [0.1, 0.15) is 0 Å². The van der Waals surface area contributed by atoms with Crippen LogP contribution in [-0.2, 0) is 4.79 Å². The fourth-order valence-electron chi connectivity index (χ4n) is 2.16.